The zero-order valence-electron chi connectivity index (χ0n) is 8.68. The lowest BCUT2D eigenvalue weighted by molar-refractivity contribution is 0.151. The second-order valence-electron chi connectivity index (χ2n) is 4.22. The molecule has 0 bridgehead atoms. The van der Waals surface area contributed by atoms with Gasteiger partial charge in [-0.2, -0.15) is 0 Å². The maximum Gasteiger partial charge on any atom is 0.222 e. The summed E-state index contributed by atoms with van der Waals surface area (Å²) in [6.45, 7) is 0. The number of hydrogen-bond donors (Lipinski definition) is 2. The van der Waals surface area contributed by atoms with Crippen LogP contribution in [0.4, 0.5) is 5.88 Å². The highest BCUT2D eigenvalue weighted by Gasteiger charge is 2.41. The van der Waals surface area contributed by atoms with Crippen LogP contribution in [-0.4, -0.2) is 10.3 Å². The molecule has 0 saturated heterocycles. The van der Waals surface area contributed by atoms with Gasteiger partial charge in [-0.15, -0.1) is 0 Å². The first-order chi connectivity index (χ1) is 7.67. The summed E-state index contributed by atoms with van der Waals surface area (Å²) in [4.78, 5) is 0. The predicted molar refractivity (Wildman–Crippen MR) is 59.5 cm³/mol. The van der Waals surface area contributed by atoms with Gasteiger partial charge in [0.05, 0.1) is 5.60 Å². The molecule has 0 radical (unpaired) electrons. The smallest absolute Gasteiger partial charge is 0.222 e. The molecule has 1 aromatic carbocycles. The molecule has 1 aliphatic carbocycles. The minimum Gasteiger partial charge on any atom is -0.385 e. The Morgan fingerprint density at radius 2 is 1.94 bits per heavy atom. The number of nitrogens with two attached hydrogens (primary N) is 1. The molecule has 0 spiro atoms. The van der Waals surface area contributed by atoms with Crippen molar-refractivity contribution in [1.82, 2.24) is 5.16 Å². The Labute approximate surface area is 92.7 Å². The zero-order valence-corrected chi connectivity index (χ0v) is 8.68. The number of hydrogen-bond acceptors (Lipinski definition) is 4. The molecule has 1 aromatic heterocycles. The minimum absolute atomic E-state index is 0.305. The van der Waals surface area contributed by atoms with Gasteiger partial charge in [0.15, 0.2) is 0 Å². The van der Waals surface area contributed by atoms with Gasteiger partial charge in [-0.3, -0.25) is 0 Å². The van der Waals surface area contributed by atoms with Crippen LogP contribution < -0.4 is 5.73 Å². The van der Waals surface area contributed by atoms with E-state index in [-0.39, 0.29) is 0 Å². The van der Waals surface area contributed by atoms with E-state index in [0.717, 1.165) is 24.0 Å². The van der Waals surface area contributed by atoms with Crippen LogP contribution in [0.5, 0.6) is 0 Å². The Hall–Kier alpha value is -1.81. The van der Waals surface area contributed by atoms with Gasteiger partial charge in [0, 0.05) is 11.6 Å². The maximum atomic E-state index is 9.91. The van der Waals surface area contributed by atoms with Gasteiger partial charge in [0.25, 0.3) is 0 Å². The van der Waals surface area contributed by atoms with Gasteiger partial charge in [-0.25, -0.2) is 0 Å². The predicted octanol–water partition coefficient (Wildman–Crippen LogP) is 1.91. The third-order valence-corrected chi connectivity index (χ3v) is 2.97. The molecule has 16 heavy (non-hydrogen) atoms. The number of nitrogens with zero attached hydrogens (tertiary/aromatic N) is 1. The SMILES string of the molecule is Nc1cc(-c2ccc(C3(O)CC3)cc2)no1. The molecule has 1 fully saturated rings. The fourth-order valence-electron chi connectivity index (χ4n) is 1.78. The van der Waals surface area contributed by atoms with Crippen molar-refractivity contribution in [3.8, 4) is 11.3 Å². The Morgan fingerprint density at radius 1 is 1.25 bits per heavy atom. The van der Waals surface area contributed by atoms with Gasteiger partial charge in [0.2, 0.25) is 5.88 Å². The number of nitrogen functional groups attached to an aromatic ring is 1. The Kier molecular flexibility index (Phi) is 1.82. The van der Waals surface area contributed by atoms with Crippen LogP contribution >= 0.6 is 0 Å². The first-order valence-corrected chi connectivity index (χ1v) is 5.23. The lowest BCUT2D eigenvalue weighted by Gasteiger charge is -2.07. The summed E-state index contributed by atoms with van der Waals surface area (Å²) < 4.78 is 4.81. The normalized spacial score (nSPS) is 17.3. The van der Waals surface area contributed by atoms with Crippen molar-refractivity contribution in [2.75, 3.05) is 5.73 Å². The average Bonchev–Trinajstić information content (AvgIpc) is 2.89. The summed E-state index contributed by atoms with van der Waals surface area (Å²) in [5.74, 6) is 0.305. The van der Waals surface area contributed by atoms with E-state index in [2.05, 4.69) is 5.16 Å². The quantitative estimate of drug-likeness (QED) is 0.804. The largest absolute Gasteiger partial charge is 0.385 e. The average molecular weight is 216 g/mol. The summed E-state index contributed by atoms with van der Waals surface area (Å²) in [6, 6.07) is 9.37. The molecule has 3 rings (SSSR count). The first-order valence-electron chi connectivity index (χ1n) is 5.23. The third-order valence-electron chi connectivity index (χ3n) is 2.97. The van der Waals surface area contributed by atoms with Crippen LogP contribution in [-0.2, 0) is 5.60 Å². The standard InChI is InChI=1S/C12H12N2O2/c13-11-7-10(14-16-11)8-1-3-9(4-2-8)12(15)5-6-12/h1-4,7,15H,5-6,13H2. The molecular formula is C12H12N2O2. The Bertz CT molecular complexity index is 512. The number of rotatable bonds is 2. The molecular weight excluding hydrogens is 204 g/mol. The van der Waals surface area contributed by atoms with Crippen molar-refractivity contribution < 1.29 is 9.63 Å². The van der Waals surface area contributed by atoms with Crippen molar-refractivity contribution in [1.29, 1.82) is 0 Å². The summed E-state index contributed by atoms with van der Waals surface area (Å²) in [6.07, 6.45) is 1.70. The second-order valence-corrected chi connectivity index (χ2v) is 4.22. The number of anilines is 1. The van der Waals surface area contributed by atoms with E-state index in [1.165, 1.54) is 0 Å². The minimum atomic E-state index is -0.582. The molecule has 4 heteroatoms. The molecule has 1 saturated carbocycles. The molecule has 2 aromatic rings. The summed E-state index contributed by atoms with van der Waals surface area (Å²) in [7, 11) is 0. The summed E-state index contributed by atoms with van der Waals surface area (Å²) in [5, 5.41) is 13.7. The van der Waals surface area contributed by atoms with Crippen molar-refractivity contribution in [2.45, 2.75) is 18.4 Å². The van der Waals surface area contributed by atoms with Gasteiger partial charge in [-0.1, -0.05) is 29.4 Å². The van der Waals surface area contributed by atoms with E-state index in [1.54, 1.807) is 6.07 Å². The van der Waals surface area contributed by atoms with Gasteiger partial charge >= 0.3 is 0 Å². The van der Waals surface area contributed by atoms with Crippen LogP contribution in [0.3, 0.4) is 0 Å². The Morgan fingerprint density at radius 3 is 2.44 bits per heavy atom. The molecule has 3 N–H and O–H groups in total. The van der Waals surface area contributed by atoms with Crippen LogP contribution in [0.15, 0.2) is 34.9 Å². The van der Waals surface area contributed by atoms with Crippen molar-refractivity contribution >= 4 is 5.88 Å². The zero-order chi connectivity index (χ0) is 11.2. The molecule has 0 amide bonds. The monoisotopic (exact) mass is 216 g/mol. The van der Waals surface area contributed by atoms with E-state index in [1.807, 2.05) is 24.3 Å². The number of aromatic nitrogens is 1. The molecule has 0 aliphatic heterocycles. The molecule has 0 atom stereocenters. The molecule has 1 aliphatic rings. The molecule has 82 valence electrons. The second kappa shape index (κ2) is 3.09. The Balaban J connectivity index is 1.93. The lowest BCUT2D eigenvalue weighted by Crippen LogP contribution is -2.03. The van der Waals surface area contributed by atoms with Gasteiger partial charge in [0.1, 0.15) is 5.69 Å². The summed E-state index contributed by atoms with van der Waals surface area (Å²) in [5.41, 5.74) is 7.49. The van der Waals surface area contributed by atoms with E-state index in [4.69, 9.17) is 10.3 Å². The van der Waals surface area contributed by atoms with Gasteiger partial charge in [-0.05, 0) is 18.4 Å². The van der Waals surface area contributed by atoms with E-state index in [0.29, 0.717) is 11.6 Å². The lowest BCUT2D eigenvalue weighted by atomic mass is 10.0. The molecule has 1 heterocycles. The van der Waals surface area contributed by atoms with Crippen LogP contribution in [0.1, 0.15) is 18.4 Å². The highest BCUT2D eigenvalue weighted by molar-refractivity contribution is 5.61. The van der Waals surface area contributed by atoms with Crippen LogP contribution in [0.2, 0.25) is 0 Å². The maximum absolute atomic E-state index is 9.91. The molecule has 0 unspecified atom stereocenters. The topological polar surface area (TPSA) is 72.3 Å². The van der Waals surface area contributed by atoms with Crippen molar-refractivity contribution in [3.05, 3.63) is 35.9 Å². The van der Waals surface area contributed by atoms with E-state index in [9.17, 15) is 5.11 Å². The highest BCUT2D eigenvalue weighted by atomic mass is 16.5. The van der Waals surface area contributed by atoms with Crippen molar-refractivity contribution in [2.24, 2.45) is 0 Å². The van der Waals surface area contributed by atoms with Crippen LogP contribution in [0.25, 0.3) is 11.3 Å². The third kappa shape index (κ3) is 1.47. The number of aliphatic hydroxyl groups is 1. The highest BCUT2D eigenvalue weighted by Crippen LogP contribution is 2.45. The fourth-order valence-corrected chi connectivity index (χ4v) is 1.78. The summed E-state index contributed by atoms with van der Waals surface area (Å²) >= 11 is 0. The van der Waals surface area contributed by atoms with Crippen LogP contribution in [0, 0.1) is 0 Å². The number of benzene rings is 1. The first kappa shape index (κ1) is 9.42. The fraction of sp³-hybridized carbons (Fsp3) is 0.250. The van der Waals surface area contributed by atoms with E-state index < -0.39 is 5.60 Å². The van der Waals surface area contributed by atoms with E-state index >= 15 is 0 Å². The molecule has 4 nitrogen and oxygen atoms in total. The van der Waals surface area contributed by atoms with Gasteiger partial charge < -0.3 is 15.4 Å². The van der Waals surface area contributed by atoms with Crippen molar-refractivity contribution in [3.63, 3.8) is 0 Å².